The van der Waals surface area contributed by atoms with Crippen molar-refractivity contribution in [1.29, 1.82) is 0 Å². The lowest BCUT2D eigenvalue weighted by atomic mass is 10.00. The second-order valence-electron chi connectivity index (χ2n) is 4.97. The average Bonchev–Trinajstić information content (AvgIpc) is 2.73. The molecule has 6 heteroatoms. The second-order valence-corrected chi connectivity index (χ2v) is 4.97. The summed E-state index contributed by atoms with van der Waals surface area (Å²) in [4.78, 5) is 13.3. The van der Waals surface area contributed by atoms with E-state index >= 15 is 0 Å². The summed E-state index contributed by atoms with van der Waals surface area (Å²) >= 11 is 0. The molecule has 0 spiro atoms. The number of urea groups is 1. The molecule has 1 heterocycles. The summed E-state index contributed by atoms with van der Waals surface area (Å²) in [6.07, 6.45) is 0. The number of hydrogen-bond donors (Lipinski definition) is 2. The Bertz CT molecular complexity index is 411. The summed E-state index contributed by atoms with van der Waals surface area (Å²) in [6, 6.07) is -0.394. The maximum absolute atomic E-state index is 11.9. The van der Waals surface area contributed by atoms with E-state index in [4.69, 9.17) is 9.63 Å². The van der Waals surface area contributed by atoms with Crippen LogP contribution >= 0.6 is 0 Å². The van der Waals surface area contributed by atoms with E-state index in [-0.39, 0.29) is 24.6 Å². The molecule has 0 saturated heterocycles. The van der Waals surface area contributed by atoms with Crippen molar-refractivity contribution in [3.63, 3.8) is 0 Å². The molecule has 1 aromatic rings. The van der Waals surface area contributed by atoms with Crippen LogP contribution in [0, 0.1) is 13.8 Å². The molecule has 0 bridgehead atoms. The summed E-state index contributed by atoms with van der Waals surface area (Å²) < 4.78 is 5.12. The molecule has 0 aliphatic carbocycles. The number of rotatable bonds is 5. The predicted octanol–water partition coefficient (Wildman–Crippen LogP) is 1.42. The smallest absolute Gasteiger partial charge is 0.317 e. The largest absolute Gasteiger partial charge is 0.394 e. The van der Waals surface area contributed by atoms with Gasteiger partial charge >= 0.3 is 6.03 Å². The number of amides is 2. The van der Waals surface area contributed by atoms with Crippen LogP contribution in [0.25, 0.3) is 0 Å². The molecule has 2 unspecified atom stereocenters. The molecule has 1 rings (SSSR count). The highest BCUT2D eigenvalue weighted by molar-refractivity contribution is 5.74. The van der Waals surface area contributed by atoms with Crippen molar-refractivity contribution in [2.24, 2.45) is 0 Å². The van der Waals surface area contributed by atoms with E-state index in [9.17, 15) is 4.79 Å². The summed E-state index contributed by atoms with van der Waals surface area (Å²) in [5, 5.41) is 15.8. The Morgan fingerprint density at radius 3 is 2.58 bits per heavy atom. The average molecular weight is 269 g/mol. The summed E-state index contributed by atoms with van der Waals surface area (Å²) in [5.74, 6) is 0.921. The molecule has 108 valence electrons. The van der Waals surface area contributed by atoms with Gasteiger partial charge in [-0.25, -0.2) is 4.79 Å². The Balaban J connectivity index is 2.55. The lowest BCUT2D eigenvalue weighted by Gasteiger charge is -2.24. The highest BCUT2D eigenvalue weighted by Gasteiger charge is 2.19. The standard InChI is InChI=1S/C13H23N3O3/c1-8(12-10(3)15-19-11(12)4)6-14-13(18)16(5)9(2)7-17/h8-9,17H,6-7H2,1-5H3,(H,14,18). The van der Waals surface area contributed by atoms with Crippen LogP contribution in [0.2, 0.25) is 0 Å². The first-order valence-electron chi connectivity index (χ1n) is 6.42. The quantitative estimate of drug-likeness (QED) is 0.847. The monoisotopic (exact) mass is 269 g/mol. The van der Waals surface area contributed by atoms with Gasteiger partial charge < -0.3 is 19.8 Å². The molecule has 2 atom stereocenters. The van der Waals surface area contributed by atoms with E-state index in [1.165, 1.54) is 4.90 Å². The fraction of sp³-hybridized carbons (Fsp3) is 0.692. The van der Waals surface area contributed by atoms with Crippen LogP contribution in [0.5, 0.6) is 0 Å². The van der Waals surface area contributed by atoms with Crippen molar-refractivity contribution in [3.05, 3.63) is 17.0 Å². The SMILES string of the molecule is Cc1noc(C)c1C(C)CNC(=O)N(C)C(C)CO. The fourth-order valence-electron chi connectivity index (χ4n) is 1.98. The van der Waals surface area contributed by atoms with Gasteiger partial charge in [-0.3, -0.25) is 0 Å². The minimum atomic E-state index is -0.200. The molecule has 0 aliphatic heterocycles. The molecule has 0 radical (unpaired) electrons. The summed E-state index contributed by atoms with van der Waals surface area (Å²) in [5.41, 5.74) is 1.90. The highest BCUT2D eigenvalue weighted by atomic mass is 16.5. The van der Waals surface area contributed by atoms with E-state index in [1.54, 1.807) is 14.0 Å². The van der Waals surface area contributed by atoms with Crippen LogP contribution in [0.3, 0.4) is 0 Å². The van der Waals surface area contributed by atoms with Crippen molar-refractivity contribution in [2.45, 2.75) is 39.7 Å². The molecular formula is C13H23N3O3. The number of aliphatic hydroxyl groups is 1. The first-order valence-corrected chi connectivity index (χ1v) is 6.42. The normalized spacial score (nSPS) is 14.0. The highest BCUT2D eigenvalue weighted by Crippen LogP contribution is 2.22. The van der Waals surface area contributed by atoms with Crippen LogP contribution in [0.4, 0.5) is 4.79 Å². The number of aliphatic hydroxyl groups excluding tert-OH is 1. The number of aromatic nitrogens is 1. The molecule has 2 amide bonds. The van der Waals surface area contributed by atoms with E-state index in [0.29, 0.717) is 6.54 Å². The topological polar surface area (TPSA) is 78.6 Å². The zero-order valence-corrected chi connectivity index (χ0v) is 12.2. The lowest BCUT2D eigenvalue weighted by Crippen LogP contribution is -2.44. The van der Waals surface area contributed by atoms with Crippen molar-refractivity contribution < 1.29 is 14.4 Å². The van der Waals surface area contributed by atoms with Gasteiger partial charge in [-0.1, -0.05) is 12.1 Å². The molecule has 0 aliphatic rings. The molecular weight excluding hydrogens is 246 g/mol. The van der Waals surface area contributed by atoms with Gasteiger partial charge in [-0.15, -0.1) is 0 Å². The maximum Gasteiger partial charge on any atom is 0.317 e. The first-order chi connectivity index (χ1) is 8.88. The van der Waals surface area contributed by atoms with Crippen molar-refractivity contribution in [1.82, 2.24) is 15.4 Å². The Morgan fingerprint density at radius 2 is 2.11 bits per heavy atom. The predicted molar refractivity (Wildman–Crippen MR) is 72.1 cm³/mol. The summed E-state index contributed by atoms with van der Waals surface area (Å²) in [6.45, 7) is 8.02. The Kier molecular flexibility index (Phi) is 5.35. The van der Waals surface area contributed by atoms with E-state index in [0.717, 1.165) is 17.0 Å². The van der Waals surface area contributed by atoms with Gasteiger partial charge in [0, 0.05) is 25.1 Å². The van der Waals surface area contributed by atoms with E-state index < -0.39 is 0 Å². The maximum atomic E-state index is 11.9. The van der Waals surface area contributed by atoms with E-state index in [2.05, 4.69) is 10.5 Å². The van der Waals surface area contributed by atoms with Gasteiger partial charge in [0.1, 0.15) is 5.76 Å². The van der Waals surface area contributed by atoms with Gasteiger partial charge in [-0.05, 0) is 20.8 Å². The van der Waals surface area contributed by atoms with Gasteiger partial charge in [0.15, 0.2) is 0 Å². The molecule has 19 heavy (non-hydrogen) atoms. The summed E-state index contributed by atoms with van der Waals surface area (Å²) in [7, 11) is 1.66. The zero-order chi connectivity index (χ0) is 14.6. The van der Waals surface area contributed by atoms with Gasteiger partial charge in [0.2, 0.25) is 0 Å². The van der Waals surface area contributed by atoms with Crippen LogP contribution in [0.15, 0.2) is 4.52 Å². The minimum absolute atomic E-state index is 0.0522. The van der Waals surface area contributed by atoms with Gasteiger partial charge in [0.05, 0.1) is 18.3 Å². The number of aryl methyl sites for hydroxylation is 2. The molecule has 1 aromatic heterocycles. The van der Waals surface area contributed by atoms with Crippen LogP contribution < -0.4 is 5.32 Å². The third-order valence-electron chi connectivity index (χ3n) is 3.39. The van der Waals surface area contributed by atoms with Crippen LogP contribution in [-0.4, -0.2) is 47.4 Å². The number of hydrogen-bond acceptors (Lipinski definition) is 4. The Labute approximate surface area is 113 Å². The number of carbonyl (C=O) groups is 1. The first kappa shape index (κ1) is 15.5. The molecule has 0 aromatic carbocycles. The van der Waals surface area contributed by atoms with Crippen LogP contribution in [0.1, 0.15) is 36.8 Å². The van der Waals surface area contributed by atoms with Gasteiger partial charge in [-0.2, -0.15) is 0 Å². The fourth-order valence-corrected chi connectivity index (χ4v) is 1.98. The number of nitrogens with zero attached hydrogens (tertiary/aromatic N) is 2. The van der Waals surface area contributed by atoms with Crippen molar-refractivity contribution in [3.8, 4) is 0 Å². The zero-order valence-electron chi connectivity index (χ0n) is 12.2. The number of carbonyl (C=O) groups excluding carboxylic acids is 1. The van der Waals surface area contributed by atoms with E-state index in [1.807, 2.05) is 20.8 Å². The Hall–Kier alpha value is -1.56. The molecule has 6 nitrogen and oxygen atoms in total. The second kappa shape index (κ2) is 6.56. The van der Waals surface area contributed by atoms with Crippen LogP contribution in [-0.2, 0) is 0 Å². The lowest BCUT2D eigenvalue weighted by molar-refractivity contribution is 0.157. The molecule has 0 fully saturated rings. The molecule has 2 N–H and O–H groups in total. The minimum Gasteiger partial charge on any atom is -0.394 e. The molecule has 0 saturated carbocycles. The Morgan fingerprint density at radius 1 is 1.47 bits per heavy atom. The number of likely N-dealkylation sites (N-methyl/N-ethyl adjacent to an activating group) is 1. The van der Waals surface area contributed by atoms with Crippen molar-refractivity contribution >= 4 is 6.03 Å². The third-order valence-corrected chi connectivity index (χ3v) is 3.39. The third kappa shape index (κ3) is 3.70. The van der Waals surface area contributed by atoms with Gasteiger partial charge in [0.25, 0.3) is 0 Å². The van der Waals surface area contributed by atoms with Crippen molar-refractivity contribution in [2.75, 3.05) is 20.2 Å². The number of nitrogens with one attached hydrogen (secondary N) is 1.